The summed E-state index contributed by atoms with van der Waals surface area (Å²) in [5.41, 5.74) is 7.51. The van der Waals surface area contributed by atoms with Crippen molar-refractivity contribution in [1.82, 2.24) is 9.66 Å². The summed E-state index contributed by atoms with van der Waals surface area (Å²) in [4.78, 5) is 17.3. The smallest absolute Gasteiger partial charge is 0.270 e. The summed E-state index contributed by atoms with van der Waals surface area (Å²) < 4.78 is 12.4. The fraction of sp³-hybridized carbons (Fsp3) is 0.200. The number of imidazole rings is 1. The number of hydrogen-bond donors (Lipinski definition) is 1. The first-order valence-electron chi connectivity index (χ1n) is 8.36. The molecule has 0 fully saturated rings. The Hall–Kier alpha value is -3.28. The molecule has 0 saturated carbocycles. The Labute approximate surface area is 151 Å². The van der Waals surface area contributed by atoms with Crippen molar-refractivity contribution in [1.29, 1.82) is 0 Å². The third-order valence-corrected chi connectivity index (χ3v) is 4.49. The van der Waals surface area contributed by atoms with Gasteiger partial charge >= 0.3 is 0 Å². The van der Waals surface area contributed by atoms with E-state index in [2.05, 4.69) is 10.4 Å². The zero-order valence-corrected chi connectivity index (χ0v) is 14.9. The second kappa shape index (κ2) is 6.22. The Balaban J connectivity index is 1.69. The number of nitrogens with zero attached hydrogens (tertiary/aromatic N) is 2. The maximum absolute atomic E-state index is 12.8. The summed E-state index contributed by atoms with van der Waals surface area (Å²) in [5, 5.41) is 0. The Morgan fingerprint density at radius 2 is 1.81 bits per heavy atom. The first-order chi connectivity index (χ1) is 12.5. The summed E-state index contributed by atoms with van der Waals surface area (Å²) in [6.45, 7) is 6.16. The molecule has 6 heteroatoms. The molecule has 132 valence electrons. The number of amides is 1. The number of ether oxygens (including phenoxy) is 2. The number of hydrogen-bond acceptors (Lipinski definition) is 4. The number of rotatable bonds is 3. The lowest BCUT2D eigenvalue weighted by molar-refractivity contribution is 0.101. The lowest BCUT2D eigenvalue weighted by Crippen LogP contribution is -2.24. The highest BCUT2D eigenvalue weighted by Crippen LogP contribution is 2.32. The van der Waals surface area contributed by atoms with Gasteiger partial charge < -0.3 is 9.47 Å². The molecule has 0 spiro atoms. The number of carbonyl (C=O) groups is 1. The Kier molecular flexibility index (Phi) is 3.88. The van der Waals surface area contributed by atoms with Crippen molar-refractivity contribution in [2.24, 2.45) is 0 Å². The monoisotopic (exact) mass is 349 g/mol. The highest BCUT2D eigenvalue weighted by Gasteiger charge is 2.19. The predicted octanol–water partition coefficient (Wildman–Crippen LogP) is 3.59. The van der Waals surface area contributed by atoms with E-state index in [1.165, 1.54) is 0 Å². The van der Waals surface area contributed by atoms with Crippen LogP contribution in [0.3, 0.4) is 0 Å². The van der Waals surface area contributed by atoms with Crippen LogP contribution in [0.15, 0.2) is 42.6 Å². The quantitative estimate of drug-likeness (QED) is 0.785. The second-order valence-electron chi connectivity index (χ2n) is 6.33. The fourth-order valence-corrected chi connectivity index (χ4v) is 3.13. The molecule has 0 bridgehead atoms. The molecule has 1 aliphatic rings. The van der Waals surface area contributed by atoms with Crippen molar-refractivity contribution in [2.45, 2.75) is 20.8 Å². The van der Waals surface area contributed by atoms with Gasteiger partial charge in [-0.15, -0.1) is 0 Å². The van der Waals surface area contributed by atoms with Crippen LogP contribution < -0.4 is 14.9 Å². The molecule has 0 atom stereocenters. The maximum Gasteiger partial charge on any atom is 0.270 e. The topological polar surface area (TPSA) is 65.4 Å². The van der Waals surface area contributed by atoms with E-state index in [9.17, 15) is 4.79 Å². The minimum atomic E-state index is -0.239. The maximum atomic E-state index is 12.8. The van der Waals surface area contributed by atoms with Crippen LogP contribution in [-0.4, -0.2) is 22.4 Å². The number of aromatic nitrogens is 2. The molecule has 0 radical (unpaired) electrons. The van der Waals surface area contributed by atoms with E-state index < -0.39 is 0 Å². The van der Waals surface area contributed by atoms with Gasteiger partial charge in [-0.3, -0.25) is 10.2 Å². The Morgan fingerprint density at radius 1 is 1.08 bits per heavy atom. The first-order valence-corrected chi connectivity index (χ1v) is 8.36. The van der Waals surface area contributed by atoms with Crippen molar-refractivity contribution in [3.8, 4) is 22.9 Å². The molecule has 1 N–H and O–H groups in total. The standard InChI is InChI=1S/C20H19N3O3/c1-12-5-4-6-13(2)18(12)19-21-10-14(3)23(19)22-20(24)15-7-8-16-17(9-15)26-11-25-16/h4-10H,11H2,1-3H3,(H,22,24). The van der Waals surface area contributed by atoms with Crippen molar-refractivity contribution < 1.29 is 14.3 Å². The van der Waals surface area contributed by atoms with E-state index in [4.69, 9.17) is 9.47 Å². The van der Waals surface area contributed by atoms with Crippen LogP contribution in [0.2, 0.25) is 0 Å². The number of fused-ring (bicyclic) bond motifs is 1. The molecule has 2 aromatic carbocycles. The molecule has 0 saturated heterocycles. The van der Waals surface area contributed by atoms with Gasteiger partial charge in [0.25, 0.3) is 5.91 Å². The highest BCUT2D eigenvalue weighted by molar-refractivity contribution is 6.00. The lowest BCUT2D eigenvalue weighted by atomic mass is 10.0. The minimum absolute atomic E-state index is 0.178. The van der Waals surface area contributed by atoms with E-state index in [0.29, 0.717) is 22.9 Å². The second-order valence-corrected chi connectivity index (χ2v) is 6.33. The van der Waals surface area contributed by atoms with Gasteiger partial charge in [0.15, 0.2) is 17.3 Å². The predicted molar refractivity (Wildman–Crippen MR) is 98.1 cm³/mol. The molecular formula is C20H19N3O3. The van der Waals surface area contributed by atoms with E-state index >= 15 is 0 Å². The molecule has 2 heterocycles. The summed E-state index contributed by atoms with van der Waals surface area (Å²) in [6, 6.07) is 11.2. The van der Waals surface area contributed by atoms with Crippen LogP contribution in [0, 0.1) is 20.8 Å². The van der Waals surface area contributed by atoms with E-state index in [-0.39, 0.29) is 12.7 Å². The molecular weight excluding hydrogens is 330 g/mol. The Morgan fingerprint density at radius 3 is 2.58 bits per heavy atom. The molecule has 1 aromatic heterocycles. The molecule has 1 amide bonds. The highest BCUT2D eigenvalue weighted by atomic mass is 16.7. The summed E-state index contributed by atoms with van der Waals surface area (Å²) in [5.74, 6) is 1.70. The van der Waals surface area contributed by atoms with Gasteiger partial charge in [-0.2, -0.15) is 0 Å². The van der Waals surface area contributed by atoms with Crippen LogP contribution in [0.25, 0.3) is 11.4 Å². The molecule has 3 aromatic rings. The van der Waals surface area contributed by atoms with E-state index in [0.717, 1.165) is 22.4 Å². The molecule has 1 aliphatic heterocycles. The molecule has 0 unspecified atom stereocenters. The Bertz CT molecular complexity index is 987. The van der Waals surface area contributed by atoms with Crippen LogP contribution in [0.1, 0.15) is 27.2 Å². The fourth-order valence-electron chi connectivity index (χ4n) is 3.13. The van der Waals surface area contributed by atoms with Gasteiger partial charge in [0.2, 0.25) is 6.79 Å². The molecule has 26 heavy (non-hydrogen) atoms. The molecule has 4 rings (SSSR count). The summed E-state index contributed by atoms with van der Waals surface area (Å²) in [6.07, 6.45) is 1.75. The van der Waals surface area contributed by atoms with Crippen LogP contribution in [0.4, 0.5) is 0 Å². The van der Waals surface area contributed by atoms with Gasteiger partial charge in [0.1, 0.15) is 0 Å². The van der Waals surface area contributed by atoms with Crippen molar-refractivity contribution in [2.75, 3.05) is 12.2 Å². The van der Waals surface area contributed by atoms with Gasteiger partial charge in [0, 0.05) is 11.1 Å². The average Bonchev–Trinajstić information content (AvgIpc) is 3.22. The van der Waals surface area contributed by atoms with Crippen molar-refractivity contribution >= 4 is 5.91 Å². The first kappa shape index (κ1) is 16.2. The summed E-state index contributed by atoms with van der Waals surface area (Å²) >= 11 is 0. The molecule has 6 nitrogen and oxygen atoms in total. The minimum Gasteiger partial charge on any atom is -0.454 e. The number of carbonyl (C=O) groups excluding carboxylic acids is 1. The van der Waals surface area contributed by atoms with E-state index in [1.807, 2.05) is 39.0 Å². The van der Waals surface area contributed by atoms with Crippen LogP contribution in [0.5, 0.6) is 11.5 Å². The normalized spacial score (nSPS) is 12.3. The third kappa shape index (κ3) is 2.69. The largest absolute Gasteiger partial charge is 0.454 e. The third-order valence-electron chi connectivity index (χ3n) is 4.49. The van der Waals surface area contributed by atoms with Crippen molar-refractivity contribution in [3.63, 3.8) is 0 Å². The van der Waals surface area contributed by atoms with Crippen LogP contribution in [-0.2, 0) is 0 Å². The average molecular weight is 349 g/mol. The van der Waals surface area contributed by atoms with Gasteiger partial charge in [0.05, 0.1) is 11.9 Å². The number of aryl methyl sites for hydroxylation is 3. The number of nitrogens with one attached hydrogen (secondary N) is 1. The van der Waals surface area contributed by atoms with Gasteiger partial charge in [-0.05, 0) is 50.1 Å². The van der Waals surface area contributed by atoms with Gasteiger partial charge in [-0.25, -0.2) is 9.66 Å². The van der Waals surface area contributed by atoms with E-state index in [1.54, 1.807) is 29.1 Å². The molecule has 0 aliphatic carbocycles. The summed E-state index contributed by atoms with van der Waals surface area (Å²) in [7, 11) is 0. The lowest BCUT2D eigenvalue weighted by Gasteiger charge is -2.15. The number of benzene rings is 2. The van der Waals surface area contributed by atoms with Crippen molar-refractivity contribution in [3.05, 3.63) is 65.0 Å². The van der Waals surface area contributed by atoms with Crippen LogP contribution >= 0.6 is 0 Å². The van der Waals surface area contributed by atoms with Gasteiger partial charge in [-0.1, -0.05) is 18.2 Å². The zero-order chi connectivity index (χ0) is 18.3. The SMILES string of the molecule is Cc1cccc(C)c1-c1ncc(C)n1NC(=O)c1ccc2c(c1)OCO2. The zero-order valence-electron chi connectivity index (χ0n) is 14.9.